The summed E-state index contributed by atoms with van der Waals surface area (Å²) in [6.45, 7) is 0. The fourth-order valence-electron chi connectivity index (χ4n) is 0.912. The van der Waals surface area contributed by atoms with E-state index in [0.717, 1.165) is 6.07 Å². The molecule has 0 saturated carbocycles. The molecule has 0 unspecified atom stereocenters. The fourth-order valence-corrected chi connectivity index (χ4v) is 1.56. The van der Waals surface area contributed by atoms with Crippen LogP contribution in [0.15, 0.2) is 17.0 Å². The van der Waals surface area contributed by atoms with Crippen LogP contribution in [0.25, 0.3) is 0 Å². The van der Waals surface area contributed by atoms with E-state index in [9.17, 15) is 12.8 Å². The summed E-state index contributed by atoms with van der Waals surface area (Å²) in [5.74, 6) is -1.13. The van der Waals surface area contributed by atoms with Gasteiger partial charge in [0.1, 0.15) is 16.5 Å². The molecule has 0 atom stereocenters. The zero-order valence-corrected chi connectivity index (χ0v) is 8.01. The van der Waals surface area contributed by atoms with Crippen molar-refractivity contribution < 1.29 is 22.1 Å². The molecule has 1 rings (SSSR count). The minimum absolute atomic E-state index is 0.202. The first-order valence-corrected chi connectivity index (χ1v) is 4.90. The summed E-state index contributed by atoms with van der Waals surface area (Å²) in [6, 6.07) is 1.59. The van der Waals surface area contributed by atoms with E-state index in [1.807, 2.05) is 0 Å². The van der Waals surface area contributed by atoms with Gasteiger partial charge in [-0.05, 0) is 0 Å². The lowest BCUT2D eigenvalue weighted by atomic mass is 10.3. The Balaban J connectivity index is 3.51. The van der Waals surface area contributed by atoms with Crippen LogP contribution in [0.2, 0.25) is 0 Å². The zero-order chi connectivity index (χ0) is 10.9. The van der Waals surface area contributed by atoms with Crippen molar-refractivity contribution >= 4 is 15.8 Å². The van der Waals surface area contributed by atoms with Crippen LogP contribution in [0.4, 0.5) is 10.1 Å². The van der Waals surface area contributed by atoms with E-state index in [4.69, 9.17) is 10.3 Å². The summed E-state index contributed by atoms with van der Waals surface area (Å²) in [5.41, 5.74) is 4.92. The number of nitrogen functional groups attached to an aromatic ring is 1. The highest BCUT2D eigenvalue weighted by molar-refractivity contribution is 7.86. The number of hydrogen-bond acceptors (Lipinski definition) is 4. The Morgan fingerprint density at radius 3 is 2.50 bits per heavy atom. The van der Waals surface area contributed by atoms with Crippen molar-refractivity contribution in [3.8, 4) is 5.75 Å². The van der Waals surface area contributed by atoms with Gasteiger partial charge >= 0.3 is 0 Å². The quantitative estimate of drug-likeness (QED) is 0.565. The highest BCUT2D eigenvalue weighted by Gasteiger charge is 2.18. The van der Waals surface area contributed by atoms with Crippen LogP contribution < -0.4 is 10.5 Å². The molecule has 0 spiro atoms. The average Bonchev–Trinajstić information content (AvgIpc) is 2.07. The lowest BCUT2D eigenvalue weighted by Crippen LogP contribution is -2.04. The zero-order valence-electron chi connectivity index (χ0n) is 7.19. The van der Waals surface area contributed by atoms with Crippen LogP contribution in [0.3, 0.4) is 0 Å². The minimum atomic E-state index is -4.51. The average molecular weight is 221 g/mol. The molecule has 0 aromatic heterocycles. The highest BCUT2D eigenvalue weighted by atomic mass is 32.2. The van der Waals surface area contributed by atoms with Gasteiger partial charge in [-0.1, -0.05) is 0 Å². The predicted octanol–water partition coefficient (Wildman–Crippen LogP) is 0.663. The van der Waals surface area contributed by atoms with E-state index in [1.54, 1.807) is 0 Å². The monoisotopic (exact) mass is 221 g/mol. The molecule has 5 nitrogen and oxygen atoms in total. The Morgan fingerprint density at radius 1 is 1.50 bits per heavy atom. The van der Waals surface area contributed by atoms with Gasteiger partial charge in [-0.3, -0.25) is 4.55 Å². The van der Waals surface area contributed by atoms with Gasteiger partial charge in [0.2, 0.25) is 0 Å². The van der Waals surface area contributed by atoms with Gasteiger partial charge in [0.25, 0.3) is 10.1 Å². The Morgan fingerprint density at radius 2 is 2.07 bits per heavy atom. The maximum atomic E-state index is 12.9. The largest absolute Gasteiger partial charge is 0.495 e. The van der Waals surface area contributed by atoms with Gasteiger partial charge in [-0.2, -0.15) is 8.42 Å². The molecule has 1 aromatic rings. The van der Waals surface area contributed by atoms with Crippen LogP contribution in [0.5, 0.6) is 5.75 Å². The third kappa shape index (κ3) is 1.94. The number of ether oxygens (including phenoxy) is 1. The molecular formula is C7H8FNO4S. The van der Waals surface area contributed by atoms with Crippen LogP contribution in [-0.4, -0.2) is 20.1 Å². The molecule has 0 aliphatic heterocycles. The molecule has 0 aliphatic rings. The van der Waals surface area contributed by atoms with E-state index in [-0.39, 0.29) is 11.4 Å². The molecule has 0 radical (unpaired) electrons. The van der Waals surface area contributed by atoms with E-state index in [0.29, 0.717) is 6.07 Å². The second-order valence-corrected chi connectivity index (χ2v) is 3.89. The minimum Gasteiger partial charge on any atom is -0.495 e. The number of rotatable bonds is 2. The van der Waals surface area contributed by atoms with E-state index in [1.165, 1.54) is 7.11 Å². The summed E-state index contributed by atoms with van der Waals surface area (Å²) in [6.07, 6.45) is 0. The van der Waals surface area contributed by atoms with Crippen molar-refractivity contribution in [1.29, 1.82) is 0 Å². The third-order valence-corrected chi connectivity index (χ3v) is 2.44. The Kier molecular flexibility index (Phi) is 2.63. The molecule has 0 saturated heterocycles. The van der Waals surface area contributed by atoms with Crippen molar-refractivity contribution in [2.45, 2.75) is 4.90 Å². The number of benzene rings is 1. The number of nitrogens with two attached hydrogens (primary N) is 1. The van der Waals surface area contributed by atoms with Gasteiger partial charge in [-0.25, -0.2) is 4.39 Å². The van der Waals surface area contributed by atoms with Gasteiger partial charge in [0.05, 0.1) is 12.8 Å². The van der Waals surface area contributed by atoms with Crippen molar-refractivity contribution in [3.63, 3.8) is 0 Å². The SMILES string of the molecule is COc1cc(N)c(F)cc1S(=O)(=O)O. The maximum Gasteiger partial charge on any atom is 0.298 e. The van der Waals surface area contributed by atoms with Gasteiger partial charge < -0.3 is 10.5 Å². The Labute approximate surface area is 80.0 Å². The highest BCUT2D eigenvalue weighted by Crippen LogP contribution is 2.27. The first-order chi connectivity index (χ1) is 6.36. The summed E-state index contributed by atoms with van der Waals surface area (Å²) in [7, 11) is -3.32. The molecule has 0 aliphatic carbocycles. The standard InChI is InChI=1S/C7H8FNO4S/c1-13-6-3-5(9)4(8)2-7(6)14(10,11)12/h2-3H,9H2,1H3,(H,10,11,12). The summed E-state index contributed by atoms with van der Waals surface area (Å²) in [5, 5.41) is 0. The van der Waals surface area contributed by atoms with E-state index in [2.05, 4.69) is 4.74 Å². The fraction of sp³-hybridized carbons (Fsp3) is 0.143. The third-order valence-electron chi connectivity index (χ3n) is 1.56. The van der Waals surface area contributed by atoms with Gasteiger partial charge in [0, 0.05) is 12.1 Å². The van der Waals surface area contributed by atoms with Crippen LogP contribution in [0, 0.1) is 5.82 Å². The second kappa shape index (κ2) is 3.43. The summed E-state index contributed by atoms with van der Waals surface area (Å²) >= 11 is 0. The number of methoxy groups -OCH3 is 1. The van der Waals surface area contributed by atoms with E-state index < -0.39 is 20.8 Å². The molecule has 0 amide bonds. The summed E-state index contributed by atoms with van der Waals surface area (Å²) < 4.78 is 47.7. The van der Waals surface area contributed by atoms with Crippen LogP contribution >= 0.6 is 0 Å². The molecule has 1 aromatic carbocycles. The number of hydrogen-bond donors (Lipinski definition) is 2. The lowest BCUT2D eigenvalue weighted by molar-refractivity contribution is 0.396. The predicted molar refractivity (Wildman–Crippen MR) is 47.2 cm³/mol. The maximum absolute atomic E-state index is 12.9. The molecule has 78 valence electrons. The first kappa shape index (κ1) is 10.7. The Hall–Kier alpha value is -1.34. The Bertz CT molecular complexity index is 457. The van der Waals surface area contributed by atoms with Crippen molar-refractivity contribution in [1.82, 2.24) is 0 Å². The molecule has 0 heterocycles. The molecule has 3 N–H and O–H groups in total. The van der Waals surface area contributed by atoms with Gasteiger partial charge in [0.15, 0.2) is 0 Å². The summed E-state index contributed by atoms with van der Waals surface area (Å²) in [4.78, 5) is -0.647. The van der Waals surface area contributed by atoms with Crippen LogP contribution in [0.1, 0.15) is 0 Å². The first-order valence-electron chi connectivity index (χ1n) is 3.46. The number of anilines is 1. The van der Waals surface area contributed by atoms with Crippen molar-refractivity contribution in [3.05, 3.63) is 17.9 Å². The second-order valence-electron chi connectivity index (χ2n) is 2.50. The smallest absolute Gasteiger partial charge is 0.298 e. The number of halogens is 1. The lowest BCUT2D eigenvalue weighted by Gasteiger charge is -2.07. The van der Waals surface area contributed by atoms with Crippen molar-refractivity contribution in [2.75, 3.05) is 12.8 Å². The van der Waals surface area contributed by atoms with Crippen LogP contribution in [-0.2, 0) is 10.1 Å². The molecule has 14 heavy (non-hydrogen) atoms. The van der Waals surface area contributed by atoms with Crippen molar-refractivity contribution in [2.24, 2.45) is 0 Å². The normalized spacial score (nSPS) is 11.4. The molecule has 0 fully saturated rings. The molecule has 7 heteroatoms. The molecular weight excluding hydrogens is 213 g/mol. The molecule has 0 bridgehead atoms. The topological polar surface area (TPSA) is 89.6 Å². The van der Waals surface area contributed by atoms with E-state index >= 15 is 0 Å². The van der Waals surface area contributed by atoms with Gasteiger partial charge in [-0.15, -0.1) is 0 Å².